The highest BCUT2D eigenvalue weighted by Crippen LogP contribution is 2.29. The van der Waals surface area contributed by atoms with Crippen LogP contribution in [0.4, 0.5) is 0 Å². The third-order valence-corrected chi connectivity index (χ3v) is 5.92. The standard InChI is InChI=1S/C12H24N2O3S/c1-12(4-7-17-8-5-12)10-14-18(15,16)11-3-2-6-13-9-11/h11,13-14H,2-10H2,1H3. The molecule has 6 heteroatoms. The average Bonchev–Trinajstić information content (AvgIpc) is 2.39. The van der Waals surface area contributed by atoms with Crippen molar-refractivity contribution in [1.29, 1.82) is 0 Å². The Morgan fingerprint density at radius 2 is 2.11 bits per heavy atom. The van der Waals surface area contributed by atoms with Crippen LogP contribution in [0.2, 0.25) is 0 Å². The molecular formula is C12H24N2O3S. The molecule has 2 rings (SSSR count). The van der Waals surface area contributed by atoms with Gasteiger partial charge in [-0.2, -0.15) is 0 Å². The Morgan fingerprint density at radius 3 is 2.72 bits per heavy atom. The number of hydrogen-bond donors (Lipinski definition) is 2. The number of ether oxygens (including phenoxy) is 1. The number of hydrogen-bond acceptors (Lipinski definition) is 4. The van der Waals surface area contributed by atoms with Crippen LogP contribution in [0.15, 0.2) is 0 Å². The van der Waals surface area contributed by atoms with Gasteiger partial charge in [0.25, 0.3) is 0 Å². The molecule has 2 aliphatic rings. The highest BCUT2D eigenvalue weighted by Gasteiger charge is 2.32. The fraction of sp³-hybridized carbons (Fsp3) is 1.00. The van der Waals surface area contributed by atoms with E-state index in [2.05, 4.69) is 17.0 Å². The van der Waals surface area contributed by atoms with Crippen molar-refractivity contribution in [2.24, 2.45) is 5.41 Å². The van der Waals surface area contributed by atoms with Gasteiger partial charge >= 0.3 is 0 Å². The summed E-state index contributed by atoms with van der Waals surface area (Å²) in [5.74, 6) is 0. The molecule has 0 aromatic carbocycles. The molecule has 0 radical (unpaired) electrons. The number of rotatable bonds is 4. The Labute approximate surface area is 110 Å². The molecule has 0 aromatic heterocycles. The van der Waals surface area contributed by atoms with Gasteiger partial charge in [-0.05, 0) is 37.6 Å². The van der Waals surface area contributed by atoms with Gasteiger partial charge in [0.1, 0.15) is 0 Å². The van der Waals surface area contributed by atoms with Crippen LogP contribution in [0.25, 0.3) is 0 Å². The molecule has 5 nitrogen and oxygen atoms in total. The Hall–Kier alpha value is -0.170. The van der Waals surface area contributed by atoms with E-state index in [0.29, 0.717) is 13.1 Å². The predicted octanol–water partition coefficient (Wildman–Crippen LogP) is 0.475. The maximum Gasteiger partial charge on any atom is 0.215 e. The van der Waals surface area contributed by atoms with E-state index in [1.54, 1.807) is 0 Å². The molecular weight excluding hydrogens is 252 g/mol. The van der Waals surface area contributed by atoms with E-state index in [1.165, 1.54) is 0 Å². The second-order valence-corrected chi connectivity index (χ2v) is 7.80. The van der Waals surface area contributed by atoms with E-state index in [0.717, 1.165) is 45.4 Å². The molecule has 2 aliphatic heterocycles. The van der Waals surface area contributed by atoms with Crippen molar-refractivity contribution in [1.82, 2.24) is 10.0 Å². The summed E-state index contributed by atoms with van der Waals surface area (Å²) in [7, 11) is -3.17. The third kappa shape index (κ3) is 3.66. The summed E-state index contributed by atoms with van der Waals surface area (Å²) >= 11 is 0. The van der Waals surface area contributed by atoms with Crippen LogP contribution in [-0.4, -0.2) is 46.5 Å². The molecule has 2 fully saturated rings. The first kappa shape index (κ1) is 14.2. The number of nitrogens with one attached hydrogen (secondary N) is 2. The molecule has 0 bridgehead atoms. The van der Waals surface area contributed by atoms with Gasteiger partial charge < -0.3 is 10.1 Å². The Balaban J connectivity index is 1.87. The van der Waals surface area contributed by atoms with Gasteiger partial charge in [0.15, 0.2) is 0 Å². The van der Waals surface area contributed by atoms with Crippen molar-refractivity contribution < 1.29 is 13.2 Å². The van der Waals surface area contributed by atoms with Crippen LogP contribution in [0.1, 0.15) is 32.6 Å². The fourth-order valence-corrected chi connectivity index (χ4v) is 4.12. The van der Waals surface area contributed by atoms with Crippen LogP contribution < -0.4 is 10.0 Å². The summed E-state index contributed by atoms with van der Waals surface area (Å²) < 4.78 is 32.5. The molecule has 18 heavy (non-hydrogen) atoms. The minimum absolute atomic E-state index is 0.0490. The summed E-state index contributed by atoms with van der Waals surface area (Å²) in [5, 5.41) is 2.88. The fourth-order valence-electron chi connectivity index (χ4n) is 2.52. The predicted molar refractivity (Wildman–Crippen MR) is 71.0 cm³/mol. The van der Waals surface area contributed by atoms with Gasteiger partial charge in [0, 0.05) is 26.3 Å². The molecule has 0 aliphatic carbocycles. The van der Waals surface area contributed by atoms with Gasteiger partial charge in [-0.1, -0.05) is 6.92 Å². The molecule has 2 heterocycles. The van der Waals surface area contributed by atoms with Gasteiger partial charge in [-0.15, -0.1) is 0 Å². The summed E-state index contributed by atoms with van der Waals surface area (Å²) in [5.41, 5.74) is 0.0490. The monoisotopic (exact) mass is 276 g/mol. The molecule has 2 N–H and O–H groups in total. The topological polar surface area (TPSA) is 67.4 Å². The highest BCUT2D eigenvalue weighted by atomic mass is 32.2. The second kappa shape index (κ2) is 5.86. The molecule has 0 spiro atoms. The lowest BCUT2D eigenvalue weighted by molar-refractivity contribution is 0.0264. The van der Waals surface area contributed by atoms with E-state index in [1.807, 2.05) is 0 Å². The SMILES string of the molecule is CC1(CNS(=O)(=O)C2CCCNC2)CCOCC1. The molecule has 0 amide bonds. The Bertz CT molecular complexity index is 358. The van der Waals surface area contributed by atoms with Crippen LogP contribution in [0.3, 0.4) is 0 Å². The smallest absolute Gasteiger partial charge is 0.215 e. The molecule has 106 valence electrons. The molecule has 0 aromatic rings. The summed E-state index contributed by atoms with van der Waals surface area (Å²) in [6.07, 6.45) is 3.57. The van der Waals surface area contributed by atoms with Crippen molar-refractivity contribution in [2.45, 2.75) is 37.9 Å². The lowest BCUT2D eigenvalue weighted by atomic mass is 9.83. The van der Waals surface area contributed by atoms with E-state index < -0.39 is 10.0 Å². The van der Waals surface area contributed by atoms with E-state index in [9.17, 15) is 8.42 Å². The van der Waals surface area contributed by atoms with Crippen LogP contribution in [-0.2, 0) is 14.8 Å². The largest absolute Gasteiger partial charge is 0.381 e. The zero-order chi connectivity index (χ0) is 13.1. The van der Waals surface area contributed by atoms with Crippen LogP contribution in [0, 0.1) is 5.41 Å². The normalized spacial score (nSPS) is 29.1. The maximum atomic E-state index is 12.2. The summed E-state index contributed by atoms with van der Waals surface area (Å²) in [6, 6.07) is 0. The molecule has 0 saturated carbocycles. The first-order valence-corrected chi connectivity index (χ1v) is 8.33. The van der Waals surface area contributed by atoms with Gasteiger partial charge in [-0.3, -0.25) is 0 Å². The maximum absolute atomic E-state index is 12.2. The number of sulfonamides is 1. The molecule has 1 unspecified atom stereocenters. The van der Waals surface area contributed by atoms with Crippen molar-refractivity contribution in [3.05, 3.63) is 0 Å². The first-order chi connectivity index (χ1) is 8.52. The lowest BCUT2D eigenvalue weighted by Gasteiger charge is -2.34. The summed E-state index contributed by atoms with van der Waals surface area (Å²) in [6.45, 7) is 5.66. The first-order valence-electron chi connectivity index (χ1n) is 6.79. The second-order valence-electron chi connectivity index (χ2n) is 5.76. The lowest BCUT2D eigenvalue weighted by Crippen LogP contribution is -2.47. The zero-order valence-electron chi connectivity index (χ0n) is 11.1. The van der Waals surface area contributed by atoms with E-state index in [-0.39, 0.29) is 10.7 Å². The van der Waals surface area contributed by atoms with Gasteiger partial charge in [0.2, 0.25) is 10.0 Å². The minimum Gasteiger partial charge on any atom is -0.381 e. The van der Waals surface area contributed by atoms with Gasteiger partial charge in [-0.25, -0.2) is 13.1 Å². The van der Waals surface area contributed by atoms with E-state index >= 15 is 0 Å². The van der Waals surface area contributed by atoms with Crippen molar-refractivity contribution in [2.75, 3.05) is 32.8 Å². The van der Waals surface area contributed by atoms with Crippen molar-refractivity contribution in [3.8, 4) is 0 Å². The molecule has 1 atom stereocenters. The number of piperidine rings is 1. The average molecular weight is 276 g/mol. The third-order valence-electron chi connectivity index (χ3n) is 4.09. The van der Waals surface area contributed by atoms with E-state index in [4.69, 9.17) is 4.74 Å². The van der Waals surface area contributed by atoms with Gasteiger partial charge in [0.05, 0.1) is 5.25 Å². The zero-order valence-corrected chi connectivity index (χ0v) is 11.9. The van der Waals surface area contributed by atoms with Crippen LogP contribution >= 0.6 is 0 Å². The van der Waals surface area contributed by atoms with Crippen molar-refractivity contribution >= 4 is 10.0 Å². The summed E-state index contributed by atoms with van der Waals surface area (Å²) in [4.78, 5) is 0. The Morgan fingerprint density at radius 1 is 1.39 bits per heavy atom. The van der Waals surface area contributed by atoms with Crippen LogP contribution in [0.5, 0.6) is 0 Å². The molecule has 2 saturated heterocycles. The van der Waals surface area contributed by atoms with Crippen molar-refractivity contribution in [3.63, 3.8) is 0 Å². The quantitative estimate of drug-likeness (QED) is 0.783. The highest BCUT2D eigenvalue weighted by molar-refractivity contribution is 7.90. The minimum atomic E-state index is -3.17. The Kier molecular flexibility index (Phi) is 4.64.